The average molecular weight is 331 g/mol. The standard InChI is InChI=1S/C23H25NO/c1-19(23(25)22-15-9-4-10-16-22)24(17-20-11-5-2-6-12-20)18-21-13-7-3-8-14-21/h2-16,19,23,25H,17-18H2,1H3/t19?,23-/m1/s1. The molecule has 1 N–H and O–H groups in total. The minimum absolute atomic E-state index is 0.00260. The molecule has 128 valence electrons. The molecule has 2 heteroatoms. The van der Waals surface area contributed by atoms with Crippen LogP contribution in [0.25, 0.3) is 0 Å². The van der Waals surface area contributed by atoms with Crippen molar-refractivity contribution in [1.29, 1.82) is 0 Å². The maximum atomic E-state index is 10.9. The Labute approximate surface area is 150 Å². The van der Waals surface area contributed by atoms with Crippen molar-refractivity contribution in [3.05, 3.63) is 108 Å². The number of hydrogen-bond donors (Lipinski definition) is 1. The molecule has 0 saturated carbocycles. The molecule has 0 saturated heterocycles. The van der Waals surface area contributed by atoms with E-state index in [-0.39, 0.29) is 6.04 Å². The SMILES string of the molecule is CC([C@@H](O)c1ccccc1)N(Cc1ccccc1)Cc1ccccc1. The fraction of sp³-hybridized carbons (Fsp3) is 0.217. The summed E-state index contributed by atoms with van der Waals surface area (Å²) in [4.78, 5) is 2.34. The average Bonchev–Trinajstić information content (AvgIpc) is 2.68. The molecule has 0 bridgehead atoms. The molecule has 0 aromatic heterocycles. The fourth-order valence-electron chi connectivity index (χ4n) is 3.11. The van der Waals surface area contributed by atoms with Crippen LogP contribution in [0.3, 0.4) is 0 Å². The maximum Gasteiger partial charge on any atom is 0.0942 e. The zero-order chi connectivity index (χ0) is 17.5. The Morgan fingerprint density at radius 2 is 1.08 bits per heavy atom. The molecule has 2 atom stereocenters. The molecule has 0 aliphatic carbocycles. The van der Waals surface area contributed by atoms with Crippen molar-refractivity contribution < 1.29 is 5.11 Å². The quantitative estimate of drug-likeness (QED) is 0.671. The number of nitrogens with zero attached hydrogens (tertiary/aromatic N) is 1. The van der Waals surface area contributed by atoms with Crippen LogP contribution in [0.15, 0.2) is 91.0 Å². The van der Waals surface area contributed by atoms with Crippen molar-refractivity contribution in [2.45, 2.75) is 32.2 Å². The van der Waals surface area contributed by atoms with Crippen LogP contribution in [0.2, 0.25) is 0 Å². The molecule has 0 heterocycles. The molecule has 1 unspecified atom stereocenters. The van der Waals surface area contributed by atoms with E-state index >= 15 is 0 Å². The zero-order valence-corrected chi connectivity index (χ0v) is 14.6. The molecule has 3 aromatic carbocycles. The van der Waals surface area contributed by atoms with E-state index in [0.29, 0.717) is 0 Å². The van der Waals surface area contributed by atoms with Crippen molar-refractivity contribution in [3.8, 4) is 0 Å². The number of aliphatic hydroxyl groups is 1. The first-order valence-corrected chi connectivity index (χ1v) is 8.79. The van der Waals surface area contributed by atoms with Crippen molar-refractivity contribution in [2.24, 2.45) is 0 Å². The van der Waals surface area contributed by atoms with Crippen molar-refractivity contribution in [1.82, 2.24) is 4.90 Å². The van der Waals surface area contributed by atoms with Gasteiger partial charge in [-0.3, -0.25) is 4.90 Å². The van der Waals surface area contributed by atoms with Crippen molar-refractivity contribution in [2.75, 3.05) is 0 Å². The third-order valence-electron chi connectivity index (χ3n) is 4.63. The van der Waals surface area contributed by atoms with Crippen LogP contribution in [0, 0.1) is 0 Å². The summed E-state index contributed by atoms with van der Waals surface area (Å²) in [5.74, 6) is 0. The van der Waals surface area contributed by atoms with Crippen molar-refractivity contribution >= 4 is 0 Å². The van der Waals surface area contributed by atoms with Crippen LogP contribution >= 0.6 is 0 Å². The lowest BCUT2D eigenvalue weighted by molar-refractivity contribution is 0.0484. The predicted molar refractivity (Wildman–Crippen MR) is 103 cm³/mol. The third-order valence-corrected chi connectivity index (χ3v) is 4.63. The topological polar surface area (TPSA) is 23.5 Å². The molecule has 2 nitrogen and oxygen atoms in total. The van der Waals surface area contributed by atoms with Gasteiger partial charge in [0.15, 0.2) is 0 Å². The van der Waals surface area contributed by atoms with E-state index in [1.807, 2.05) is 42.5 Å². The summed E-state index contributed by atoms with van der Waals surface area (Å²) < 4.78 is 0. The molecular weight excluding hydrogens is 306 g/mol. The highest BCUT2D eigenvalue weighted by molar-refractivity contribution is 5.21. The Morgan fingerprint density at radius 1 is 0.680 bits per heavy atom. The Morgan fingerprint density at radius 3 is 1.52 bits per heavy atom. The first kappa shape index (κ1) is 17.4. The molecular formula is C23H25NO. The number of benzene rings is 3. The second-order valence-corrected chi connectivity index (χ2v) is 6.47. The highest BCUT2D eigenvalue weighted by Gasteiger charge is 2.23. The van der Waals surface area contributed by atoms with Gasteiger partial charge in [0.05, 0.1) is 6.10 Å². The molecule has 25 heavy (non-hydrogen) atoms. The number of aliphatic hydroxyl groups excluding tert-OH is 1. The largest absolute Gasteiger partial charge is 0.387 e. The van der Waals surface area contributed by atoms with Crippen LogP contribution < -0.4 is 0 Å². The summed E-state index contributed by atoms with van der Waals surface area (Å²) in [7, 11) is 0. The monoisotopic (exact) mass is 331 g/mol. The van der Waals surface area contributed by atoms with Gasteiger partial charge in [-0.05, 0) is 23.6 Å². The van der Waals surface area contributed by atoms with E-state index < -0.39 is 6.10 Å². The first-order chi connectivity index (χ1) is 12.2. The number of rotatable bonds is 7. The molecule has 0 aliphatic heterocycles. The van der Waals surface area contributed by atoms with Gasteiger partial charge >= 0.3 is 0 Å². The van der Waals surface area contributed by atoms with Crippen LogP contribution in [0.4, 0.5) is 0 Å². The highest BCUT2D eigenvalue weighted by atomic mass is 16.3. The van der Waals surface area contributed by atoms with Gasteiger partial charge in [-0.2, -0.15) is 0 Å². The van der Waals surface area contributed by atoms with Gasteiger partial charge in [0.25, 0.3) is 0 Å². The minimum atomic E-state index is -0.520. The lowest BCUT2D eigenvalue weighted by Gasteiger charge is -2.33. The normalized spacial score (nSPS) is 13.6. The van der Waals surface area contributed by atoms with Crippen molar-refractivity contribution in [3.63, 3.8) is 0 Å². The van der Waals surface area contributed by atoms with Gasteiger partial charge in [0, 0.05) is 19.1 Å². The molecule has 0 spiro atoms. The fourth-order valence-corrected chi connectivity index (χ4v) is 3.11. The Bertz CT molecular complexity index is 701. The summed E-state index contributed by atoms with van der Waals surface area (Å²) >= 11 is 0. The summed E-state index contributed by atoms with van der Waals surface area (Å²) in [5, 5.41) is 10.9. The minimum Gasteiger partial charge on any atom is -0.387 e. The van der Waals surface area contributed by atoms with Gasteiger partial charge in [-0.25, -0.2) is 0 Å². The second kappa shape index (κ2) is 8.61. The predicted octanol–water partition coefficient (Wildman–Crippen LogP) is 4.81. The third kappa shape index (κ3) is 4.79. The smallest absolute Gasteiger partial charge is 0.0942 e. The number of hydrogen-bond acceptors (Lipinski definition) is 2. The van der Waals surface area contributed by atoms with Crippen LogP contribution in [-0.4, -0.2) is 16.0 Å². The lowest BCUT2D eigenvalue weighted by Crippen LogP contribution is -2.36. The molecule has 0 amide bonds. The summed E-state index contributed by atoms with van der Waals surface area (Å²) in [6.07, 6.45) is -0.520. The van der Waals surface area contributed by atoms with Gasteiger partial charge in [-0.15, -0.1) is 0 Å². The van der Waals surface area contributed by atoms with Gasteiger partial charge in [0.1, 0.15) is 0 Å². The summed E-state index contributed by atoms with van der Waals surface area (Å²) in [6.45, 7) is 3.71. The van der Waals surface area contributed by atoms with E-state index in [1.54, 1.807) is 0 Å². The molecule has 0 aliphatic rings. The van der Waals surface area contributed by atoms with Gasteiger partial charge in [0.2, 0.25) is 0 Å². The van der Waals surface area contributed by atoms with E-state index in [9.17, 15) is 5.11 Å². The molecule has 0 radical (unpaired) electrons. The first-order valence-electron chi connectivity index (χ1n) is 8.79. The Balaban J connectivity index is 1.81. The van der Waals surface area contributed by atoms with E-state index in [1.165, 1.54) is 11.1 Å². The maximum absolute atomic E-state index is 10.9. The van der Waals surface area contributed by atoms with Crippen LogP contribution in [0.1, 0.15) is 29.7 Å². The van der Waals surface area contributed by atoms with Gasteiger partial charge < -0.3 is 5.11 Å². The molecule has 0 fully saturated rings. The lowest BCUT2D eigenvalue weighted by atomic mass is 10.0. The zero-order valence-electron chi connectivity index (χ0n) is 14.6. The van der Waals surface area contributed by atoms with E-state index in [0.717, 1.165) is 18.7 Å². The summed E-state index contributed by atoms with van der Waals surface area (Å²) in [6, 6.07) is 30.8. The van der Waals surface area contributed by atoms with Gasteiger partial charge in [-0.1, -0.05) is 91.0 Å². The molecule has 3 aromatic rings. The Kier molecular flexibility index (Phi) is 5.99. The second-order valence-electron chi connectivity index (χ2n) is 6.47. The molecule has 3 rings (SSSR count). The van der Waals surface area contributed by atoms with Crippen LogP contribution in [0.5, 0.6) is 0 Å². The van der Waals surface area contributed by atoms with E-state index in [2.05, 4.69) is 60.4 Å². The van der Waals surface area contributed by atoms with Crippen LogP contribution in [-0.2, 0) is 13.1 Å². The highest BCUT2D eigenvalue weighted by Crippen LogP contribution is 2.24. The van der Waals surface area contributed by atoms with E-state index in [4.69, 9.17) is 0 Å². The Hall–Kier alpha value is -2.42. The summed E-state index contributed by atoms with van der Waals surface area (Å²) in [5.41, 5.74) is 3.47.